The lowest BCUT2D eigenvalue weighted by Crippen LogP contribution is -2.35. The van der Waals surface area contributed by atoms with Gasteiger partial charge in [-0.1, -0.05) is 18.2 Å². The van der Waals surface area contributed by atoms with Crippen LogP contribution >= 0.6 is 0 Å². The molecule has 1 amide bonds. The van der Waals surface area contributed by atoms with Crippen molar-refractivity contribution in [2.75, 3.05) is 43.3 Å². The van der Waals surface area contributed by atoms with Crippen LogP contribution in [0, 0.1) is 0 Å². The second-order valence-corrected chi connectivity index (χ2v) is 12.7. The fraction of sp³-hybridized carbons (Fsp3) is 0.333. The summed E-state index contributed by atoms with van der Waals surface area (Å²) in [4.78, 5) is 28.6. The lowest BCUT2D eigenvalue weighted by Gasteiger charge is -2.32. The maximum Gasteiger partial charge on any atom is 0.256 e. The number of amides is 1. The number of likely N-dealkylation sites (N-methyl/N-ethyl adjacent to an activating group) is 1. The van der Waals surface area contributed by atoms with E-state index in [4.69, 9.17) is 0 Å². The fourth-order valence-electron chi connectivity index (χ4n) is 4.83. The third kappa shape index (κ3) is 5.84. The van der Waals surface area contributed by atoms with Crippen LogP contribution in [0.25, 0.3) is 0 Å². The molecule has 11 heteroatoms. The summed E-state index contributed by atoms with van der Waals surface area (Å²) in [5.74, 6) is 0.990. The Labute approximate surface area is 223 Å². The number of benzene rings is 1. The van der Waals surface area contributed by atoms with Crippen LogP contribution in [0.1, 0.15) is 34.3 Å². The van der Waals surface area contributed by atoms with Crippen LogP contribution in [0.4, 0.5) is 29.1 Å². The predicted molar refractivity (Wildman–Crippen MR) is 151 cm³/mol. The second kappa shape index (κ2) is 10.1. The highest BCUT2D eigenvalue weighted by atomic mass is 32.2. The highest BCUT2D eigenvalue weighted by Gasteiger charge is 2.48. The average Bonchev–Trinajstić information content (AvgIpc) is 3.61. The Morgan fingerprint density at radius 2 is 2.03 bits per heavy atom. The van der Waals surface area contributed by atoms with Crippen molar-refractivity contribution in [2.45, 2.75) is 24.8 Å². The summed E-state index contributed by atoms with van der Waals surface area (Å²) in [6.07, 6.45) is 8.63. The number of hydrogen-bond donors (Lipinski definition) is 3. The number of nitrogens with one attached hydrogen (secondary N) is 3. The monoisotopic (exact) mass is 532 g/mol. The van der Waals surface area contributed by atoms with Gasteiger partial charge in [-0.05, 0) is 55.3 Å². The largest absolute Gasteiger partial charge is 0.348 e. The Kier molecular flexibility index (Phi) is 6.89. The smallest absolute Gasteiger partial charge is 0.256 e. The minimum Gasteiger partial charge on any atom is -0.348 e. The van der Waals surface area contributed by atoms with Crippen molar-refractivity contribution in [3.8, 4) is 0 Å². The lowest BCUT2D eigenvalue weighted by atomic mass is 9.87. The van der Waals surface area contributed by atoms with Gasteiger partial charge >= 0.3 is 0 Å². The summed E-state index contributed by atoms with van der Waals surface area (Å²) in [5, 5.41) is 9.16. The van der Waals surface area contributed by atoms with Crippen molar-refractivity contribution in [1.82, 2.24) is 25.2 Å². The third-order valence-electron chi connectivity index (χ3n) is 6.53. The molecule has 2 aromatic heterocycles. The van der Waals surface area contributed by atoms with Crippen LogP contribution in [0.15, 0.2) is 59.6 Å². The molecule has 1 aliphatic heterocycles. The molecule has 3 aromatic rings. The van der Waals surface area contributed by atoms with E-state index in [-0.39, 0.29) is 17.3 Å². The SMILES string of the molecule is C=CCNC(=O)c1cnc(Nc2ccc3c(c2)CN(C)CC32CC2)nc1Nc1cccc(N=S(C)(C)=O)n1. The Balaban J connectivity index is 1.45. The summed E-state index contributed by atoms with van der Waals surface area (Å²) in [5.41, 5.74) is 4.19. The van der Waals surface area contributed by atoms with Gasteiger partial charge in [-0.15, -0.1) is 6.58 Å². The van der Waals surface area contributed by atoms with Crippen molar-refractivity contribution in [3.05, 3.63) is 71.9 Å². The van der Waals surface area contributed by atoms with Gasteiger partial charge in [-0.3, -0.25) is 4.79 Å². The lowest BCUT2D eigenvalue weighted by molar-refractivity contribution is 0.0958. The van der Waals surface area contributed by atoms with Gasteiger partial charge in [0.05, 0.1) is 0 Å². The van der Waals surface area contributed by atoms with Crippen molar-refractivity contribution in [2.24, 2.45) is 4.36 Å². The first kappa shape index (κ1) is 25.8. The van der Waals surface area contributed by atoms with E-state index < -0.39 is 9.73 Å². The minimum absolute atomic E-state index is 0.249. The summed E-state index contributed by atoms with van der Waals surface area (Å²) >= 11 is 0. The predicted octanol–water partition coefficient (Wildman–Crippen LogP) is 4.11. The molecule has 10 nitrogen and oxygen atoms in total. The first-order chi connectivity index (χ1) is 18.1. The number of nitrogens with zero attached hydrogens (tertiary/aromatic N) is 5. The molecule has 3 N–H and O–H groups in total. The molecule has 1 fully saturated rings. The number of carbonyl (C=O) groups is 1. The van der Waals surface area contributed by atoms with Crippen LogP contribution in [-0.2, 0) is 21.7 Å². The number of pyridine rings is 1. The first-order valence-electron chi connectivity index (χ1n) is 12.4. The van der Waals surface area contributed by atoms with Crippen LogP contribution < -0.4 is 16.0 Å². The summed E-state index contributed by atoms with van der Waals surface area (Å²) in [6.45, 7) is 5.96. The number of carbonyl (C=O) groups excluding carboxylic acids is 1. The molecular formula is C27H32N8O2S. The number of fused-ring (bicyclic) bond motifs is 2. The van der Waals surface area contributed by atoms with Crippen molar-refractivity contribution >= 4 is 44.7 Å². The van der Waals surface area contributed by atoms with E-state index in [1.807, 2.05) is 0 Å². The number of hydrogen-bond acceptors (Lipinski definition) is 9. The quantitative estimate of drug-likeness (QED) is 0.370. The van der Waals surface area contributed by atoms with Gasteiger partial charge in [-0.25, -0.2) is 14.2 Å². The Bertz CT molecular complexity index is 1520. The van der Waals surface area contributed by atoms with E-state index in [0.717, 1.165) is 18.8 Å². The molecule has 0 unspecified atom stereocenters. The highest BCUT2D eigenvalue weighted by Crippen LogP contribution is 2.52. The summed E-state index contributed by atoms with van der Waals surface area (Å²) in [7, 11) is -0.218. The molecule has 1 saturated carbocycles. The zero-order valence-electron chi connectivity index (χ0n) is 21.8. The molecule has 198 valence electrons. The molecule has 0 bridgehead atoms. The van der Waals surface area contributed by atoms with Gasteiger partial charge in [0.25, 0.3) is 5.91 Å². The molecule has 0 saturated heterocycles. The van der Waals surface area contributed by atoms with Crippen molar-refractivity contribution in [1.29, 1.82) is 0 Å². The van der Waals surface area contributed by atoms with Crippen molar-refractivity contribution in [3.63, 3.8) is 0 Å². The topological polar surface area (TPSA) is 125 Å². The standard InChI is InChI=1S/C27H32N8O2S/c1-5-13-28-25(36)20-15-29-26(33-24(20)32-22-7-6-8-23(31-22)34-38(3,4)37)30-19-9-10-21-18(14-19)16-35(2)17-27(21)11-12-27/h5-10,14-15H,1,11-13,16-17H2,2-4H3,(H,28,36)(H2,29,30,31,32,33). The van der Waals surface area contributed by atoms with Crippen LogP contribution in [-0.4, -0.2) is 62.6 Å². The molecule has 1 spiro atoms. The highest BCUT2D eigenvalue weighted by molar-refractivity contribution is 7.92. The van der Waals surface area contributed by atoms with Gasteiger partial charge in [0.15, 0.2) is 5.82 Å². The third-order valence-corrected chi connectivity index (χ3v) is 7.16. The van der Waals surface area contributed by atoms with E-state index >= 15 is 0 Å². The molecule has 2 aliphatic rings. The Morgan fingerprint density at radius 1 is 1.21 bits per heavy atom. The molecule has 1 aliphatic carbocycles. The van der Waals surface area contributed by atoms with Gasteiger partial charge < -0.3 is 20.9 Å². The normalized spacial score (nSPS) is 15.9. The number of rotatable bonds is 8. The van der Waals surface area contributed by atoms with E-state index in [1.54, 1.807) is 36.8 Å². The maximum atomic E-state index is 12.8. The average molecular weight is 533 g/mol. The molecule has 38 heavy (non-hydrogen) atoms. The molecule has 5 rings (SSSR count). The molecule has 1 aromatic carbocycles. The van der Waals surface area contributed by atoms with E-state index in [0.29, 0.717) is 29.5 Å². The zero-order chi connectivity index (χ0) is 26.9. The minimum atomic E-state index is -2.38. The number of anilines is 4. The fourth-order valence-corrected chi connectivity index (χ4v) is 5.38. The molecule has 3 heterocycles. The second-order valence-electron chi connectivity index (χ2n) is 10.2. The van der Waals surface area contributed by atoms with E-state index in [1.165, 1.54) is 30.2 Å². The van der Waals surface area contributed by atoms with Crippen LogP contribution in [0.2, 0.25) is 0 Å². The zero-order valence-corrected chi connectivity index (χ0v) is 22.6. The van der Waals surface area contributed by atoms with E-state index in [2.05, 4.69) is 72.0 Å². The maximum absolute atomic E-state index is 12.8. The van der Waals surface area contributed by atoms with Crippen LogP contribution in [0.3, 0.4) is 0 Å². The van der Waals surface area contributed by atoms with Gasteiger partial charge in [0.1, 0.15) is 17.2 Å². The Morgan fingerprint density at radius 3 is 2.76 bits per heavy atom. The number of aromatic nitrogens is 3. The van der Waals surface area contributed by atoms with Gasteiger partial charge in [0.2, 0.25) is 5.95 Å². The van der Waals surface area contributed by atoms with E-state index in [9.17, 15) is 9.00 Å². The Hall–Kier alpha value is -3.83. The molecule has 0 radical (unpaired) electrons. The van der Waals surface area contributed by atoms with Crippen LogP contribution in [0.5, 0.6) is 0 Å². The summed E-state index contributed by atoms with van der Waals surface area (Å²) in [6, 6.07) is 11.6. The first-order valence-corrected chi connectivity index (χ1v) is 14.7. The molecule has 0 atom stereocenters. The van der Waals surface area contributed by atoms with Crippen molar-refractivity contribution < 1.29 is 9.00 Å². The summed E-state index contributed by atoms with van der Waals surface area (Å²) < 4.78 is 16.3. The molecular weight excluding hydrogens is 500 g/mol. The van der Waals surface area contributed by atoms with Gasteiger partial charge in [0, 0.05) is 59.2 Å². The van der Waals surface area contributed by atoms with Gasteiger partial charge in [-0.2, -0.15) is 9.35 Å².